The lowest BCUT2D eigenvalue weighted by Gasteiger charge is -2.16. The summed E-state index contributed by atoms with van der Waals surface area (Å²) >= 11 is 0. The van der Waals surface area contributed by atoms with Gasteiger partial charge in [-0.1, -0.05) is 128 Å². The molecule has 0 heterocycles. The molecule has 0 aliphatic carbocycles. The van der Waals surface area contributed by atoms with Crippen LogP contribution in [0.5, 0.6) is 0 Å². The Morgan fingerprint density at radius 1 is 0.590 bits per heavy atom. The van der Waals surface area contributed by atoms with Crippen LogP contribution >= 0.6 is 0 Å². The molecule has 39 heavy (non-hydrogen) atoms. The van der Waals surface area contributed by atoms with E-state index in [2.05, 4.69) is 38.2 Å². The fourth-order valence-corrected chi connectivity index (χ4v) is 4.91. The highest BCUT2D eigenvalue weighted by molar-refractivity contribution is 5.69. The number of carbonyl (C=O) groups excluding carboxylic acids is 1. The Kier molecular flexibility index (Phi) is 29.7. The second-order valence-corrected chi connectivity index (χ2v) is 11.3. The second kappa shape index (κ2) is 31.0. The molecule has 0 fully saturated rings. The molecule has 0 aromatic rings. The molecule has 0 rings (SSSR count). The van der Waals surface area contributed by atoms with Gasteiger partial charge in [0.1, 0.15) is 6.10 Å². The van der Waals surface area contributed by atoms with Gasteiger partial charge in [-0.15, -0.1) is 0 Å². The first-order valence-electron chi connectivity index (χ1n) is 16.8. The van der Waals surface area contributed by atoms with E-state index in [1.54, 1.807) is 0 Å². The van der Waals surface area contributed by atoms with Crippen molar-refractivity contribution >= 4 is 11.9 Å². The molecular formula is C35H64O4. The number of ether oxygens (including phenoxy) is 1. The van der Waals surface area contributed by atoms with Gasteiger partial charge in [0.15, 0.2) is 0 Å². The van der Waals surface area contributed by atoms with Crippen molar-refractivity contribution in [2.24, 2.45) is 0 Å². The Morgan fingerprint density at radius 2 is 1.05 bits per heavy atom. The lowest BCUT2D eigenvalue weighted by molar-refractivity contribution is -0.149. The van der Waals surface area contributed by atoms with Gasteiger partial charge in [-0.2, -0.15) is 0 Å². The molecule has 0 aromatic heterocycles. The van der Waals surface area contributed by atoms with E-state index in [1.807, 2.05) is 0 Å². The predicted molar refractivity (Wildman–Crippen MR) is 167 cm³/mol. The van der Waals surface area contributed by atoms with Crippen LogP contribution in [0.4, 0.5) is 0 Å². The molecule has 0 bridgehead atoms. The highest BCUT2D eigenvalue weighted by atomic mass is 16.5. The second-order valence-electron chi connectivity index (χ2n) is 11.3. The molecule has 4 heteroatoms. The third-order valence-corrected chi connectivity index (χ3v) is 7.50. The zero-order valence-corrected chi connectivity index (χ0v) is 25.9. The Bertz CT molecular complexity index is 595. The molecular weight excluding hydrogens is 484 g/mol. The minimum Gasteiger partial charge on any atom is -0.481 e. The molecule has 1 N–H and O–H groups in total. The number of carboxylic acids is 1. The molecule has 0 aliphatic rings. The maximum atomic E-state index is 12.2. The number of hydrogen-bond acceptors (Lipinski definition) is 3. The topological polar surface area (TPSA) is 63.6 Å². The summed E-state index contributed by atoms with van der Waals surface area (Å²) in [4.78, 5) is 22.7. The third kappa shape index (κ3) is 30.8. The third-order valence-electron chi connectivity index (χ3n) is 7.50. The summed E-state index contributed by atoms with van der Waals surface area (Å²) in [6, 6.07) is 0. The van der Waals surface area contributed by atoms with Crippen LogP contribution in [0.25, 0.3) is 0 Å². The van der Waals surface area contributed by atoms with E-state index in [0.29, 0.717) is 12.8 Å². The fourth-order valence-electron chi connectivity index (χ4n) is 4.91. The number of aliphatic carboxylic acids is 1. The summed E-state index contributed by atoms with van der Waals surface area (Å²) in [5, 5.41) is 8.64. The summed E-state index contributed by atoms with van der Waals surface area (Å²) in [6.07, 6.45) is 38.4. The van der Waals surface area contributed by atoms with Crippen molar-refractivity contribution in [3.05, 3.63) is 24.3 Å². The Balaban J connectivity index is 3.49. The molecule has 0 amide bonds. The van der Waals surface area contributed by atoms with E-state index in [9.17, 15) is 9.59 Å². The van der Waals surface area contributed by atoms with Crippen LogP contribution in [0.15, 0.2) is 24.3 Å². The molecule has 0 saturated heterocycles. The maximum Gasteiger partial charge on any atom is 0.306 e. The summed E-state index contributed by atoms with van der Waals surface area (Å²) in [6.45, 7) is 4.37. The van der Waals surface area contributed by atoms with Crippen molar-refractivity contribution in [3.8, 4) is 0 Å². The molecule has 4 nitrogen and oxygen atoms in total. The van der Waals surface area contributed by atoms with Crippen molar-refractivity contribution < 1.29 is 19.4 Å². The smallest absolute Gasteiger partial charge is 0.306 e. The molecule has 0 saturated carbocycles. The first-order chi connectivity index (χ1) is 19.1. The van der Waals surface area contributed by atoms with E-state index in [0.717, 1.165) is 51.4 Å². The SMILES string of the molecule is CCCCC/C=C\C/C=C\CCCCCCCC(=O)OC(CC)CCCCCCCCCCCCCC(=O)O. The largest absolute Gasteiger partial charge is 0.481 e. The van der Waals surface area contributed by atoms with Gasteiger partial charge in [0.05, 0.1) is 0 Å². The average molecular weight is 549 g/mol. The minimum absolute atomic E-state index is 0.00417. The number of unbranched alkanes of at least 4 members (excludes halogenated alkanes) is 18. The number of hydrogen-bond donors (Lipinski definition) is 1. The summed E-state index contributed by atoms with van der Waals surface area (Å²) in [7, 11) is 0. The molecule has 0 radical (unpaired) electrons. The zero-order chi connectivity index (χ0) is 28.7. The van der Waals surface area contributed by atoms with Crippen molar-refractivity contribution in [3.63, 3.8) is 0 Å². The Hall–Kier alpha value is -1.58. The van der Waals surface area contributed by atoms with Crippen molar-refractivity contribution in [1.82, 2.24) is 0 Å². The highest BCUT2D eigenvalue weighted by Gasteiger charge is 2.12. The van der Waals surface area contributed by atoms with Crippen molar-refractivity contribution in [1.29, 1.82) is 0 Å². The van der Waals surface area contributed by atoms with E-state index in [4.69, 9.17) is 9.84 Å². The van der Waals surface area contributed by atoms with Crippen molar-refractivity contribution in [2.45, 2.75) is 187 Å². The van der Waals surface area contributed by atoms with Crippen LogP contribution in [-0.4, -0.2) is 23.1 Å². The summed E-state index contributed by atoms with van der Waals surface area (Å²) < 4.78 is 5.75. The van der Waals surface area contributed by atoms with Crippen LogP contribution < -0.4 is 0 Å². The quantitative estimate of drug-likeness (QED) is 0.0550. The standard InChI is InChI=1S/C35H64O4/c1-3-5-6-7-8-9-10-11-12-13-17-20-23-26-29-32-35(38)39-33(4-2)30-27-24-21-18-15-14-16-19-22-25-28-31-34(36)37/h8-9,11-12,33H,3-7,10,13-32H2,1-2H3,(H,36,37)/b9-8-,12-11-. The molecule has 0 spiro atoms. The normalized spacial score (nSPS) is 12.5. The first-order valence-corrected chi connectivity index (χ1v) is 16.8. The molecule has 1 unspecified atom stereocenters. The van der Waals surface area contributed by atoms with Crippen LogP contribution in [0.2, 0.25) is 0 Å². The van der Waals surface area contributed by atoms with E-state index in [-0.39, 0.29) is 12.1 Å². The highest BCUT2D eigenvalue weighted by Crippen LogP contribution is 2.16. The summed E-state index contributed by atoms with van der Waals surface area (Å²) in [5.41, 5.74) is 0. The molecule has 228 valence electrons. The van der Waals surface area contributed by atoms with Gasteiger partial charge in [-0.05, 0) is 64.2 Å². The van der Waals surface area contributed by atoms with Crippen LogP contribution in [-0.2, 0) is 14.3 Å². The number of esters is 1. The van der Waals surface area contributed by atoms with E-state index >= 15 is 0 Å². The first kappa shape index (κ1) is 37.4. The maximum absolute atomic E-state index is 12.2. The molecule has 0 aromatic carbocycles. The van der Waals surface area contributed by atoms with Gasteiger partial charge in [-0.25, -0.2) is 0 Å². The number of carbonyl (C=O) groups is 2. The van der Waals surface area contributed by atoms with Gasteiger partial charge < -0.3 is 9.84 Å². The molecule has 0 aliphatic heterocycles. The Morgan fingerprint density at radius 3 is 1.56 bits per heavy atom. The van der Waals surface area contributed by atoms with Crippen molar-refractivity contribution in [2.75, 3.05) is 0 Å². The molecule has 1 atom stereocenters. The predicted octanol–water partition coefficient (Wildman–Crippen LogP) is 11.3. The van der Waals surface area contributed by atoms with Crippen LogP contribution in [0.3, 0.4) is 0 Å². The lowest BCUT2D eigenvalue weighted by Crippen LogP contribution is -2.17. The van der Waals surface area contributed by atoms with Gasteiger partial charge in [0.2, 0.25) is 0 Å². The lowest BCUT2D eigenvalue weighted by atomic mass is 10.0. The zero-order valence-electron chi connectivity index (χ0n) is 25.9. The number of carboxylic acid groups (broad SMARTS) is 1. The van der Waals surface area contributed by atoms with Gasteiger partial charge in [-0.3, -0.25) is 9.59 Å². The van der Waals surface area contributed by atoms with Crippen LogP contribution in [0, 0.1) is 0 Å². The number of allylic oxidation sites excluding steroid dienone is 4. The number of rotatable bonds is 30. The van der Waals surface area contributed by atoms with E-state index in [1.165, 1.54) is 103 Å². The van der Waals surface area contributed by atoms with Gasteiger partial charge in [0.25, 0.3) is 0 Å². The minimum atomic E-state index is -0.675. The monoisotopic (exact) mass is 548 g/mol. The fraction of sp³-hybridized carbons (Fsp3) is 0.829. The summed E-state index contributed by atoms with van der Waals surface area (Å²) in [5.74, 6) is -0.679. The van der Waals surface area contributed by atoms with Gasteiger partial charge in [0, 0.05) is 12.8 Å². The van der Waals surface area contributed by atoms with Gasteiger partial charge >= 0.3 is 11.9 Å². The average Bonchev–Trinajstić information content (AvgIpc) is 2.92. The van der Waals surface area contributed by atoms with Crippen LogP contribution in [0.1, 0.15) is 181 Å². The Labute approximate surface area is 242 Å². The van der Waals surface area contributed by atoms with E-state index < -0.39 is 5.97 Å².